The van der Waals surface area contributed by atoms with Gasteiger partial charge >= 0.3 is 0 Å². The Hall–Kier alpha value is -1.56. The van der Waals surface area contributed by atoms with Crippen LogP contribution in [0.25, 0.3) is 0 Å². The van der Waals surface area contributed by atoms with Crippen LogP contribution < -0.4 is 5.32 Å². The van der Waals surface area contributed by atoms with Crippen molar-refractivity contribution in [1.29, 1.82) is 0 Å². The number of aromatic nitrogens is 3. The maximum atomic E-state index is 5.25. The molecule has 90 valence electrons. The Labute approximate surface area is 104 Å². The Morgan fingerprint density at radius 3 is 2.94 bits per heavy atom. The summed E-state index contributed by atoms with van der Waals surface area (Å²) in [5, 5.41) is 4.55. The topological polar surface area (TPSA) is 63.8 Å². The second kappa shape index (κ2) is 5.67. The summed E-state index contributed by atoms with van der Waals surface area (Å²) in [6.45, 7) is 4.88. The fourth-order valence-corrected chi connectivity index (χ4v) is 1.93. The fourth-order valence-electron chi connectivity index (χ4n) is 1.20. The van der Waals surface area contributed by atoms with E-state index >= 15 is 0 Å². The fraction of sp³-hybridized carbons (Fsp3) is 0.364. The van der Waals surface area contributed by atoms with Crippen molar-refractivity contribution in [2.75, 3.05) is 11.9 Å². The molecule has 2 aromatic heterocycles. The van der Waals surface area contributed by atoms with Crippen molar-refractivity contribution >= 4 is 17.6 Å². The van der Waals surface area contributed by atoms with Crippen molar-refractivity contribution in [1.82, 2.24) is 15.0 Å². The highest BCUT2D eigenvalue weighted by atomic mass is 32.2. The molecule has 0 atom stereocenters. The third-order valence-corrected chi connectivity index (χ3v) is 2.73. The second-order valence-electron chi connectivity index (χ2n) is 3.53. The predicted octanol–water partition coefficient (Wildman–Crippen LogP) is 2.75. The van der Waals surface area contributed by atoms with Gasteiger partial charge in [0.25, 0.3) is 5.22 Å². The molecule has 2 aromatic rings. The van der Waals surface area contributed by atoms with Crippen molar-refractivity contribution < 1.29 is 4.42 Å². The van der Waals surface area contributed by atoms with Gasteiger partial charge in [0.05, 0.1) is 18.1 Å². The quantitative estimate of drug-likeness (QED) is 0.880. The normalized spacial score (nSPS) is 10.5. The molecule has 0 spiro atoms. The predicted molar refractivity (Wildman–Crippen MR) is 66.2 cm³/mol. The minimum Gasteiger partial charge on any atom is -0.439 e. The van der Waals surface area contributed by atoms with Crippen LogP contribution in [-0.2, 0) is 0 Å². The summed E-state index contributed by atoms with van der Waals surface area (Å²) in [6, 6.07) is 0. The Kier molecular flexibility index (Phi) is 3.98. The minimum absolute atomic E-state index is 0.587. The molecule has 0 fully saturated rings. The molecule has 2 rings (SSSR count). The zero-order chi connectivity index (χ0) is 12.1. The summed E-state index contributed by atoms with van der Waals surface area (Å²) in [5.41, 5.74) is 0.862. The Bertz CT molecular complexity index is 486. The number of hydrogen-bond acceptors (Lipinski definition) is 6. The lowest BCUT2D eigenvalue weighted by molar-refractivity contribution is 0.453. The summed E-state index contributed by atoms with van der Waals surface area (Å²) in [4.78, 5) is 12.7. The third-order valence-electron chi connectivity index (χ3n) is 1.96. The van der Waals surface area contributed by atoms with Crippen LogP contribution in [0.3, 0.4) is 0 Å². The number of nitrogens with one attached hydrogen (secondary N) is 1. The maximum absolute atomic E-state index is 5.25. The van der Waals surface area contributed by atoms with Crippen LogP contribution >= 0.6 is 11.8 Å². The van der Waals surface area contributed by atoms with Crippen LogP contribution in [0.2, 0.25) is 0 Å². The van der Waals surface area contributed by atoms with Gasteiger partial charge in [-0.05, 0) is 25.1 Å². The lowest BCUT2D eigenvalue weighted by Gasteiger charge is -2.03. The van der Waals surface area contributed by atoms with Gasteiger partial charge in [-0.25, -0.2) is 9.97 Å². The zero-order valence-electron chi connectivity index (χ0n) is 9.80. The zero-order valence-corrected chi connectivity index (χ0v) is 10.6. The molecule has 6 heteroatoms. The summed E-state index contributed by atoms with van der Waals surface area (Å²) in [7, 11) is 0. The number of nitrogens with zero attached hydrogens (tertiary/aromatic N) is 3. The second-order valence-corrected chi connectivity index (χ2v) is 4.50. The largest absolute Gasteiger partial charge is 0.439 e. The molecule has 17 heavy (non-hydrogen) atoms. The van der Waals surface area contributed by atoms with Gasteiger partial charge < -0.3 is 9.73 Å². The molecule has 0 saturated heterocycles. The smallest absolute Gasteiger partial charge is 0.262 e. The Morgan fingerprint density at radius 2 is 2.24 bits per heavy atom. The SMILES string of the molecule is CCCNc1cncc(Sc2nc(C)co2)n1. The van der Waals surface area contributed by atoms with E-state index in [0.29, 0.717) is 5.22 Å². The first kappa shape index (κ1) is 11.9. The molecule has 5 nitrogen and oxygen atoms in total. The van der Waals surface area contributed by atoms with Crippen LogP contribution in [-0.4, -0.2) is 21.5 Å². The molecule has 2 heterocycles. The first-order chi connectivity index (χ1) is 8.28. The maximum Gasteiger partial charge on any atom is 0.262 e. The van der Waals surface area contributed by atoms with Crippen molar-refractivity contribution in [2.45, 2.75) is 30.5 Å². The molecule has 0 aliphatic carbocycles. The van der Waals surface area contributed by atoms with E-state index in [0.717, 1.165) is 29.5 Å². The van der Waals surface area contributed by atoms with Crippen molar-refractivity contribution in [3.05, 3.63) is 24.4 Å². The van der Waals surface area contributed by atoms with E-state index in [1.54, 1.807) is 18.7 Å². The van der Waals surface area contributed by atoms with Gasteiger partial charge in [0, 0.05) is 6.54 Å². The summed E-state index contributed by atoms with van der Waals surface area (Å²) < 4.78 is 5.25. The monoisotopic (exact) mass is 250 g/mol. The third kappa shape index (κ3) is 3.45. The first-order valence-corrected chi connectivity index (χ1v) is 6.25. The molecule has 1 N–H and O–H groups in total. The van der Waals surface area contributed by atoms with Crippen LogP contribution in [0.4, 0.5) is 5.82 Å². The van der Waals surface area contributed by atoms with Gasteiger partial charge in [0.1, 0.15) is 17.1 Å². The minimum atomic E-state index is 0.587. The number of rotatable bonds is 5. The molecular weight excluding hydrogens is 236 g/mol. The van der Waals surface area contributed by atoms with Crippen molar-refractivity contribution in [3.8, 4) is 0 Å². The van der Waals surface area contributed by atoms with Gasteiger partial charge in [-0.3, -0.25) is 4.98 Å². The van der Waals surface area contributed by atoms with E-state index in [1.165, 1.54) is 11.8 Å². The van der Waals surface area contributed by atoms with Gasteiger partial charge in [0.15, 0.2) is 0 Å². The molecule has 0 unspecified atom stereocenters. The molecule has 0 radical (unpaired) electrons. The van der Waals surface area contributed by atoms with E-state index in [2.05, 4.69) is 27.2 Å². The lowest BCUT2D eigenvalue weighted by Crippen LogP contribution is -2.02. The average molecular weight is 250 g/mol. The van der Waals surface area contributed by atoms with Crippen LogP contribution in [0.1, 0.15) is 19.0 Å². The molecule has 0 aromatic carbocycles. The first-order valence-electron chi connectivity index (χ1n) is 5.44. The van der Waals surface area contributed by atoms with E-state index < -0.39 is 0 Å². The van der Waals surface area contributed by atoms with Crippen LogP contribution in [0, 0.1) is 6.92 Å². The van der Waals surface area contributed by atoms with Gasteiger partial charge in [0.2, 0.25) is 0 Å². The highest BCUT2D eigenvalue weighted by molar-refractivity contribution is 7.99. The summed E-state index contributed by atoms with van der Waals surface area (Å²) in [6.07, 6.45) is 6.08. The van der Waals surface area contributed by atoms with Gasteiger partial charge in [-0.1, -0.05) is 6.92 Å². The van der Waals surface area contributed by atoms with Crippen molar-refractivity contribution in [3.63, 3.8) is 0 Å². The summed E-state index contributed by atoms with van der Waals surface area (Å²) >= 11 is 1.36. The highest BCUT2D eigenvalue weighted by Gasteiger charge is 2.06. The van der Waals surface area contributed by atoms with E-state index in [9.17, 15) is 0 Å². The molecule has 0 aliphatic heterocycles. The van der Waals surface area contributed by atoms with Gasteiger partial charge in [-0.15, -0.1) is 0 Å². The van der Waals surface area contributed by atoms with Gasteiger partial charge in [-0.2, -0.15) is 0 Å². The number of oxazole rings is 1. The molecule has 0 saturated carbocycles. The van der Waals surface area contributed by atoms with Crippen molar-refractivity contribution in [2.24, 2.45) is 0 Å². The number of anilines is 1. The average Bonchev–Trinajstić information content (AvgIpc) is 2.73. The molecule has 0 aliphatic rings. The molecule has 0 amide bonds. The number of aryl methyl sites for hydroxylation is 1. The van der Waals surface area contributed by atoms with E-state index in [-0.39, 0.29) is 0 Å². The number of hydrogen-bond donors (Lipinski definition) is 1. The molecule has 0 bridgehead atoms. The van der Waals surface area contributed by atoms with E-state index in [1.807, 2.05) is 6.92 Å². The summed E-state index contributed by atoms with van der Waals surface area (Å²) in [5.74, 6) is 0.778. The standard InChI is InChI=1S/C11H14N4OS/c1-3-4-13-9-5-12-6-10(15-9)17-11-14-8(2)7-16-11/h5-7H,3-4H2,1-2H3,(H,13,15). The molecular formula is C11H14N4OS. The van der Waals surface area contributed by atoms with Crippen LogP contribution in [0.5, 0.6) is 0 Å². The highest BCUT2D eigenvalue weighted by Crippen LogP contribution is 2.25. The Balaban J connectivity index is 2.05. The van der Waals surface area contributed by atoms with Crippen LogP contribution in [0.15, 0.2) is 33.3 Å². The Morgan fingerprint density at radius 1 is 1.35 bits per heavy atom. The van der Waals surface area contributed by atoms with E-state index in [4.69, 9.17) is 4.42 Å². The lowest BCUT2D eigenvalue weighted by atomic mass is 10.5.